The van der Waals surface area contributed by atoms with Gasteiger partial charge in [0.15, 0.2) is 0 Å². The Bertz CT molecular complexity index is 197. The van der Waals surface area contributed by atoms with Gasteiger partial charge in [0.2, 0.25) is 0 Å². The first-order valence-electron chi connectivity index (χ1n) is 3.99. The Morgan fingerprint density at radius 2 is 1.91 bits per heavy atom. The maximum absolute atomic E-state index is 3.85. The van der Waals surface area contributed by atoms with Crippen molar-refractivity contribution in [2.75, 3.05) is 7.05 Å². The molecule has 1 heteroatoms. The quantitative estimate of drug-likeness (QED) is 0.560. The third-order valence-electron chi connectivity index (χ3n) is 3.32. The molecule has 1 saturated carbocycles. The number of rotatable bonds is 3. The second-order valence-corrected chi connectivity index (χ2v) is 3.87. The summed E-state index contributed by atoms with van der Waals surface area (Å²) >= 11 is 0. The Morgan fingerprint density at radius 1 is 1.36 bits per heavy atom. The maximum Gasteiger partial charge on any atom is 0.0462 e. The third kappa shape index (κ3) is 0.907. The fourth-order valence-corrected chi connectivity index (χ4v) is 1.69. The van der Waals surface area contributed by atoms with E-state index in [1.165, 1.54) is 6.42 Å². The van der Waals surface area contributed by atoms with Gasteiger partial charge in [-0.2, -0.15) is 0 Å². The summed E-state index contributed by atoms with van der Waals surface area (Å²) in [7, 11) is 2.07. The number of hydrogen-bond acceptors (Lipinski definition) is 1. The van der Waals surface area contributed by atoms with Crippen molar-refractivity contribution >= 4 is 0 Å². The average Bonchev–Trinajstić information content (AvgIpc) is 2.56. The standard InChI is InChI=1S/C10H17N/c1-6-9(3)8-10(9,4)11(5)7-2/h6-7H,1-2,8H2,3-5H3. The van der Waals surface area contributed by atoms with E-state index >= 15 is 0 Å². The van der Waals surface area contributed by atoms with Gasteiger partial charge in [0.25, 0.3) is 0 Å². The van der Waals surface area contributed by atoms with E-state index in [9.17, 15) is 0 Å². The molecule has 0 spiro atoms. The average molecular weight is 151 g/mol. The summed E-state index contributed by atoms with van der Waals surface area (Å²) in [5, 5.41) is 0. The van der Waals surface area contributed by atoms with Crippen LogP contribution in [0.1, 0.15) is 20.3 Å². The van der Waals surface area contributed by atoms with Crippen molar-refractivity contribution in [2.24, 2.45) is 5.41 Å². The van der Waals surface area contributed by atoms with Crippen LogP contribution in [-0.4, -0.2) is 17.5 Å². The summed E-state index contributed by atoms with van der Waals surface area (Å²) in [6, 6.07) is 0. The Morgan fingerprint density at radius 3 is 2.18 bits per heavy atom. The predicted molar refractivity (Wildman–Crippen MR) is 49.3 cm³/mol. The lowest BCUT2D eigenvalue weighted by Gasteiger charge is -2.26. The van der Waals surface area contributed by atoms with E-state index in [1.807, 2.05) is 12.3 Å². The third-order valence-corrected chi connectivity index (χ3v) is 3.32. The molecule has 0 aromatic heterocycles. The van der Waals surface area contributed by atoms with Gasteiger partial charge >= 0.3 is 0 Å². The molecule has 1 rings (SSSR count). The van der Waals surface area contributed by atoms with Gasteiger partial charge < -0.3 is 4.90 Å². The summed E-state index contributed by atoms with van der Waals surface area (Å²) in [5.41, 5.74) is 0.548. The molecule has 1 fully saturated rings. The molecule has 62 valence electrons. The molecule has 0 heterocycles. The highest BCUT2D eigenvalue weighted by Gasteiger charge is 2.60. The first kappa shape index (κ1) is 8.38. The largest absolute Gasteiger partial charge is 0.375 e. The smallest absolute Gasteiger partial charge is 0.0462 e. The van der Waals surface area contributed by atoms with Crippen LogP contribution in [0.2, 0.25) is 0 Å². The molecular formula is C10H17N. The van der Waals surface area contributed by atoms with Gasteiger partial charge in [-0.25, -0.2) is 0 Å². The van der Waals surface area contributed by atoms with Crippen molar-refractivity contribution in [3.8, 4) is 0 Å². The minimum Gasteiger partial charge on any atom is -0.375 e. The minimum atomic E-state index is 0.260. The topological polar surface area (TPSA) is 3.24 Å². The Hall–Kier alpha value is -0.720. The van der Waals surface area contributed by atoms with Crippen LogP contribution in [0.4, 0.5) is 0 Å². The number of hydrogen-bond donors (Lipinski definition) is 0. The highest BCUT2D eigenvalue weighted by Crippen LogP contribution is 2.59. The summed E-state index contributed by atoms with van der Waals surface area (Å²) in [4.78, 5) is 2.18. The normalized spacial score (nSPS) is 41.4. The molecule has 0 amide bonds. The fourth-order valence-electron chi connectivity index (χ4n) is 1.69. The number of nitrogens with zero attached hydrogens (tertiary/aromatic N) is 1. The first-order valence-corrected chi connectivity index (χ1v) is 3.99. The van der Waals surface area contributed by atoms with E-state index in [0.29, 0.717) is 0 Å². The minimum absolute atomic E-state index is 0.260. The van der Waals surface area contributed by atoms with Crippen molar-refractivity contribution in [3.63, 3.8) is 0 Å². The zero-order chi connectivity index (χ0) is 8.70. The van der Waals surface area contributed by atoms with E-state index in [4.69, 9.17) is 0 Å². The van der Waals surface area contributed by atoms with Gasteiger partial charge in [-0.05, 0) is 19.5 Å². The van der Waals surface area contributed by atoms with Crippen molar-refractivity contribution in [2.45, 2.75) is 25.8 Å². The van der Waals surface area contributed by atoms with E-state index in [1.54, 1.807) is 0 Å². The molecule has 0 aliphatic heterocycles. The van der Waals surface area contributed by atoms with E-state index in [-0.39, 0.29) is 11.0 Å². The van der Waals surface area contributed by atoms with E-state index in [0.717, 1.165) is 0 Å². The molecular weight excluding hydrogens is 134 g/mol. The second-order valence-electron chi connectivity index (χ2n) is 3.87. The lowest BCUT2D eigenvalue weighted by molar-refractivity contribution is 0.287. The van der Waals surface area contributed by atoms with Crippen LogP contribution < -0.4 is 0 Å². The van der Waals surface area contributed by atoms with Crippen LogP contribution in [0.15, 0.2) is 25.4 Å². The van der Waals surface area contributed by atoms with Gasteiger partial charge in [0.05, 0.1) is 0 Å². The van der Waals surface area contributed by atoms with E-state index in [2.05, 4.69) is 39.0 Å². The van der Waals surface area contributed by atoms with E-state index < -0.39 is 0 Å². The highest BCUT2D eigenvalue weighted by atomic mass is 15.2. The Labute approximate surface area is 69.4 Å². The molecule has 0 N–H and O–H groups in total. The van der Waals surface area contributed by atoms with Crippen molar-refractivity contribution in [1.29, 1.82) is 0 Å². The van der Waals surface area contributed by atoms with Crippen molar-refractivity contribution < 1.29 is 0 Å². The molecule has 0 radical (unpaired) electrons. The molecule has 1 nitrogen and oxygen atoms in total. The van der Waals surface area contributed by atoms with Crippen molar-refractivity contribution in [1.82, 2.24) is 4.90 Å². The predicted octanol–water partition coefficient (Wildman–Crippen LogP) is 2.42. The molecule has 0 bridgehead atoms. The van der Waals surface area contributed by atoms with Gasteiger partial charge in [0.1, 0.15) is 0 Å². The fraction of sp³-hybridized carbons (Fsp3) is 0.600. The van der Waals surface area contributed by atoms with Gasteiger partial charge in [-0.3, -0.25) is 0 Å². The zero-order valence-electron chi connectivity index (χ0n) is 7.72. The van der Waals surface area contributed by atoms with Gasteiger partial charge in [-0.15, -0.1) is 6.58 Å². The summed E-state index contributed by atoms with van der Waals surface area (Å²) in [6.45, 7) is 12.1. The van der Waals surface area contributed by atoms with Crippen molar-refractivity contribution in [3.05, 3.63) is 25.4 Å². The lowest BCUT2D eigenvalue weighted by atomic mass is 10.0. The zero-order valence-corrected chi connectivity index (χ0v) is 7.72. The molecule has 1 aliphatic rings. The Kier molecular flexibility index (Phi) is 1.62. The van der Waals surface area contributed by atoms with Crippen LogP contribution in [0.5, 0.6) is 0 Å². The van der Waals surface area contributed by atoms with Crippen LogP contribution in [0.25, 0.3) is 0 Å². The maximum atomic E-state index is 3.85. The highest BCUT2D eigenvalue weighted by molar-refractivity contribution is 5.25. The molecule has 0 aromatic carbocycles. The molecule has 0 aromatic rings. The SMILES string of the molecule is C=CN(C)C1(C)CC1(C)C=C. The van der Waals surface area contributed by atoms with Gasteiger partial charge in [0, 0.05) is 18.0 Å². The first-order chi connectivity index (χ1) is 5.00. The summed E-state index contributed by atoms with van der Waals surface area (Å²) in [6.07, 6.45) is 5.12. The van der Waals surface area contributed by atoms with Crippen LogP contribution >= 0.6 is 0 Å². The lowest BCUT2D eigenvalue weighted by Crippen LogP contribution is -2.30. The Balaban J connectivity index is 2.75. The second kappa shape index (κ2) is 2.13. The summed E-state index contributed by atoms with van der Waals surface area (Å²) < 4.78 is 0. The summed E-state index contributed by atoms with van der Waals surface area (Å²) in [5.74, 6) is 0. The van der Waals surface area contributed by atoms with Crippen LogP contribution in [-0.2, 0) is 0 Å². The van der Waals surface area contributed by atoms with Crippen LogP contribution in [0, 0.1) is 5.41 Å². The van der Waals surface area contributed by atoms with Gasteiger partial charge in [-0.1, -0.05) is 19.6 Å². The molecule has 0 saturated heterocycles. The molecule has 2 unspecified atom stereocenters. The monoisotopic (exact) mass is 151 g/mol. The molecule has 1 aliphatic carbocycles. The molecule has 2 atom stereocenters. The molecule has 11 heavy (non-hydrogen) atoms. The van der Waals surface area contributed by atoms with Crippen LogP contribution in [0.3, 0.4) is 0 Å².